The summed E-state index contributed by atoms with van der Waals surface area (Å²) in [6.45, 7) is 0.378. The van der Waals surface area contributed by atoms with Gasteiger partial charge in [-0.25, -0.2) is 9.78 Å². The molecule has 0 radical (unpaired) electrons. The molecule has 33 heavy (non-hydrogen) atoms. The van der Waals surface area contributed by atoms with Crippen molar-refractivity contribution in [1.29, 1.82) is 0 Å². The van der Waals surface area contributed by atoms with Gasteiger partial charge in [0.1, 0.15) is 11.6 Å². The number of methoxy groups -OCH3 is 1. The molecule has 1 aliphatic rings. The van der Waals surface area contributed by atoms with E-state index >= 15 is 0 Å². The Bertz CT molecular complexity index is 1220. The normalized spacial score (nSPS) is 13.4. The summed E-state index contributed by atoms with van der Waals surface area (Å²) in [5.41, 5.74) is 1.02. The number of anilines is 1. The first kappa shape index (κ1) is 22.4. The Hall–Kier alpha value is -3.82. The molecule has 0 fully saturated rings. The number of ether oxygens (including phenoxy) is 1. The van der Waals surface area contributed by atoms with E-state index in [1.807, 2.05) is 24.3 Å². The minimum Gasteiger partial charge on any atom is -0.496 e. The van der Waals surface area contributed by atoms with Crippen LogP contribution in [0.4, 0.5) is 23.7 Å². The molecule has 0 unspecified atom stereocenters. The number of nitrogens with zero attached hydrogens (tertiary/aromatic N) is 2. The number of halogens is 3. The van der Waals surface area contributed by atoms with Crippen LogP contribution in [0.1, 0.15) is 28.2 Å². The van der Waals surface area contributed by atoms with Crippen LogP contribution in [-0.2, 0) is 25.6 Å². The number of carbonyl (C=O) groups excluding carboxylic acids is 1. The summed E-state index contributed by atoms with van der Waals surface area (Å²) < 4.78 is 43.4. The van der Waals surface area contributed by atoms with Gasteiger partial charge in [0.05, 0.1) is 30.5 Å². The standard InChI is InChI=1S/C23H21F3N4O3/c1-33-19-5-3-2-4-14(19)12-20-28-18-10-11-30(13-17(18)21(31)29-20)22(32)27-16-8-6-15(7-9-16)23(24,25)26/h2-9H,10-13H2,1H3,(H,27,32)(H,28,29,31). The number of urea groups is 1. The van der Waals surface area contributed by atoms with Gasteiger partial charge >= 0.3 is 12.2 Å². The molecule has 0 saturated carbocycles. The second kappa shape index (κ2) is 8.97. The van der Waals surface area contributed by atoms with Crippen LogP contribution in [0, 0.1) is 0 Å². The Labute approximate surface area is 187 Å². The Balaban J connectivity index is 1.46. The molecule has 2 heterocycles. The molecule has 2 amide bonds. The number of alkyl halides is 3. The van der Waals surface area contributed by atoms with Crippen LogP contribution in [0.25, 0.3) is 0 Å². The molecule has 0 atom stereocenters. The van der Waals surface area contributed by atoms with Gasteiger partial charge in [-0.15, -0.1) is 0 Å². The lowest BCUT2D eigenvalue weighted by molar-refractivity contribution is -0.137. The van der Waals surface area contributed by atoms with Crippen molar-refractivity contribution >= 4 is 11.7 Å². The number of hydrogen-bond acceptors (Lipinski definition) is 4. The van der Waals surface area contributed by atoms with Crippen molar-refractivity contribution in [2.75, 3.05) is 19.0 Å². The fourth-order valence-electron chi connectivity index (χ4n) is 3.71. The van der Waals surface area contributed by atoms with Crippen LogP contribution in [0.15, 0.2) is 53.3 Å². The Kier molecular flexibility index (Phi) is 6.08. The number of amides is 2. The second-order valence-corrected chi connectivity index (χ2v) is 7.60. The van der Waals surface area contributed by atoms with Gasteiger partial charge in [-0.2, -0.15) is 13.2 Å². The smallest absolute Gasteiger partial charge is 0.416 e. The van der Waals surface area contributed by atoms with Crippen LogP contribution < -0.4 is 15.6 Å². The first-order valence-electron chi connectivity index (χ1n) is 10.2. The van der Waals surface area contributed by atoms with Crippen LogP contribution in [0.3, 0.4) is 0 Å². The largest absolute Gasteiger partial charge is 0.496 e. The predicted molar refractivity (Wildman–Crippen MR) is 115 cm³/mol. The van der Waals surface area contributed by atoms with Crippen molar-refractivity contribution in [3.05, 3.63) is 87.1 Å². The molecule has 4 rings (SSSR count). The fraction of sp³-hybridized carbons (Fsp3) is 0.261. The maximum Gasteiger partial charge on any atom is 0.416 e. The first-order chi connectivity index (χ1) is 15.7. The molecule has 0 saturated heterocycles. The lowest BCUT2D eigenvalue weighted by Crippen LogP contribution is -2.42. The number of rotatable bonds is 4. The number of hydrogen-bond donors (Lipinski definition) is 2. The third-order valence-electron chi connectivity index (χ3n) is 5.42. The van der Waals surface area contributed by atoms with Crippen LogP contribution in [-0.4, -0.2) is 34.6 Å². The van der Waals surface area contributed by atoms with Gasteiger partial charge in [0, 0.05) is 30.6 Å². The molecule has 0 bridgehead atoms. The zero-order valence-electron chi connectivity index (χ0n) is 17.7. The minimum atomic E-state index is -4.45. The summed E-state index contributed by atoms with van der Waals surface area (Å²) in [5.74, 6) is 1.20. The number of aromatic amines is 1. The summed E-state index contributed by atoms with van der Waals surface area (Å²) >= 11 is 0. The molecule has 1 aromatic heterocycles. The molecule has 3 aromatic rings. The van der Waals surface area contributed by atoms with E-state index in [-0.39, 0.29) is 17.8 Å². The van der Waals surface area contributed by atoms with E-state index in [4.69, 9.17) is 4.74 Å². The number of fused-ring (bicyclic) bond motifs is 1. The number of aromatic nitrogens is 2. The van der Waals surface area contributed by atoms with E-state index in [1.165, 1.54) is 17.0 Å². The van der Waals surface area contributed by atoms with Crippen molar-refractivity contribution in [3.8, 4) is 5.75 Å². The average Bonchev–Trinajstić information content (AvgIpc) is 2.79. The van der Waals surface area contributed by atoms with Crippen LogP contribution >= 0.6 is 0 Å². The highest BCUT2D eigenvalue weighted by Gasteiger charge is 2.30. The summed E-state index contributed by atoms with van der Waals surface area (Å²) in [5, 5.41) is 2.57. The van der Waals surface area contributed by atoms with Gasteiger partial charge in [0.2, 0.25) is 0 Å². The zero-order valence-corrected chi connectivity index (χ0v) is 17.7. The summed E-state index contributed by atoms with van der Waals surface area (Å²) in [6.07, 6.45) is -3.67. The monoisotopic (exact) mass is 458 g/mol. The van der Waals surface area contributed by atoms with E-state index in [0.29, 0.717) is 42.2 Å². The number of benzene rings is 2. The van der Waals surface area contributed by atoms with Crippen molar-refractivity contribution in [3.63, 3.8) is 0 Å². The third-order valence-corrected chi connectivity index (χ3v) is 5.42. The van der Waals surface area contributed by atoms with E-state index in [0.717, 1.165) is 17.7 Å². The minimum absolute atomic E-state index is 0.0546. The number of nitrogens with one attached hydrogen (secondary N) is 2. The van der Waals surface area contributed by atoms with Gasteiger partial charge in [-0.3, -0.25) is 4.79 Å². The molecule has 0 aliphatic carbocycles. The van der Waals surface area contributed by atoms with Crippen molar-refractivity contribution in [2.45, 2.75) is 25.6 Å². The van der Waals surface area contributed by atoms with Crippen molar-refractivity contribution in [2.24, 2.45) is 0 Å². The van der Waals surface area contributed by atoms with E-state index in [2.05, 4.69) is 15.3 Å². The number of carbonyl (C=O) groups is 1. The van der Waals surface area contributed by atoms with Gasteiger partial charge in [-0.05, 0) is 30.3 Å². The highest BCUT2D eigenvalue weighted by Crippen LogP contribution is 2.30. The van der Waals surface area contributed by atoms with Gasteiger partial charge < -0.3 is 19.9 Å². The Morgan fingerprint density at radius 3 is 2.61 bits per heavy atom. The summed E-state index contributed by atoms with van der Waals surface area (Å²) in [7, 11) is 1.58. The Morgan fingerprint density at radius 2 is 1.91 bits per heavy atom. The topological polar surface area (TPSA) is 87.3 Å². The molecule has 10 heteroatoms. The van der Waals surface area contributed by atoms with Crippen molar-refractivity contribution < 1.29 is 22.7 Å². The predicted octanol–water partition coefficient (Wildman–Crippen LogP) is 3.98. The molecule has 7 nitrogen and oxygen atoms in total. The molecule has 2 N–H and O–H groups in total. The average molecular weight is 458 g/mol. The molecular weight excluding hydrogens is 437 g/mol. The van der Waals surface area contributed by atoms with Gasteiger partial charge in [-0.1, -0.05) is 18.2 Å². The summed E-state index contributed by atoms with van der Waals surface area (Å²) in [4.78, 5) is 34.1. The molecule has 172 valence electrons. The maximum absolute atomic E-state index is 12.7. The third kappa shape index (κ3) is 5.00. The molecular formula is C23H21F3N4O3. The van der Waals surface area contributed by atoms with E-state index in [9.17, 15) is 22.8 Å². The van der Waals surface area contributed by atoms with Crippen molar-refractivity contribution in [1.82, 2.24) is 14.9 Å². The van der Waals surface area contributed by atoms with Crippen LogP contribution in [0.2, 0.25) is 0 Å². The zero-order chi connectivity index (χ0) is 23.6. The number of H-pyrrole nitrogens is 1. The maximum atomic E-state index is 12.7. The molecule has 0 spiro atoms. The van der Waals surface area contributed by atoms with E-state index in [1.54, 1.807) is 7.11 Å². The lowest BCUT2D eigenvalue weighted by atomic mass is 10.1. The summed E-state index contributed by atoms with van der Waals surface area (Å²) in [6, 6.07) is 11.1. The van der Waals surface area contributed by atoms with Gasteiger partial charge in [0.15, 0.2) is 0 Å². The molecule has 1 aliphatic heterocycles. The highest BCUT2D eigenvalue weighted by molar-refractivity contribution is 5.89. The second-order valence-electron chi connectivity index (χ2n) is 7.60. The first-order valence-corrected chi connectivity index (χ1v) is 10.2. The lowest BCUT2D eigenvalue weighted by Gasteiger charge is -2.28. The number of para-hydroxylation sites is 1. The van der Waals surface area contributed by atoms with E-state index < -0.39 is 17.8 Å². The fourth-order valence-corrected chi connectivity index (χ4v) is 3.71. The quantitative estimate of drug-likeness (QED) is 0.619. The SMILES string of the molecule is COc1ccccc1Cc1nc2c(c(=O)[nH]1)CN(C(=O)Nc1ccc(C(F)(F)F)cc1)CC2. The Morgan fingerprint density at radius 1 is 1.18 bits per heavy atom. The highest BCUT2D eigenvalue weighted by atomic mass is 19.4. The van der Waals surface area contributed by atoms with Crippen LogP contribution in [0.5, 0.6) is 5.75 Å². The van der Waals surface area contributed by atoms with Gasteiger partial charge in [0.25, 0.3) is 5.56 Å². The molecule has 2 aromatic carbocycles.